The average Bonchev–Trinajstić information content (AvgIpc) is 2.80. The van der Waals surface area contributed by atoms with Crippen molar-refractivity contribution in [2.24, 2.45) is 0 Å². The van der Waals surface area contributed by atoms with Gasteiger partial charge in [0.05, 0.1) is 6.21 Å². The summed E-state index contributed by atoms with van der Waals surface area (Å²) >= 11 is 0. The second-order valence-corrected chi connectivity index (χ2v) is 7.36. The Balaban J connectivity index is 2.10. The molecule has 0 aliphatic heterocycles. The number of nitrogens with one attached hydrogen (secondary N) is 4. The molecule has 0 bridgehead atoms. The molecular formula is C24H28N4O4. The Bertz CT molecular complexity index is 932. The molecule has 4 N–H and O–H groups in total. The van der Waals surface area contributed by atoms with E-state index in [4.69, 9.17) is 5.41 Å². The summed E-state index contributed by atoms with van der Waals surface area (Å²) in [6, 6.07) is 16.6. The van der Waals surface area contributed by atoms with Crippen molar-refractivity contribution >= 4 is 29.7 Å². The molecule has 0 saturated carbocycles. The van der Waals surface area contributed by atoms with Crippen LogP contribution in [0.5, 0.6) is 0 Å². The maximum atomic E-state index is 13.0. The Labute approximate surface area is 187 Å². The molecule has 0 radical (unpaired) electrons. The number of amides is 3. The molecule has 2 atom stereocenters. The monoisotopic (exact) mass is 436 g/mol. The fourth-order valence-electron chi connectivity index (χ4n) is 3.11. The highest BCUT2D eigenvalue weighted by Gasteiger charge is 2.26. The molecule has 0 unspecified atom stereocenters. The minimum absolute atomic E-state index is 0.0404. The number of ketones is 1. The molecule has 168 valence electrons. The van der Waals surface area contributed by atoms with E-state index in [1.165, 1.54) is 6.92 Å². The van der Waals surface area contributed by atoms with Crippen LogP contribution in [0, 0.1) is 5.41 Å². The predicted octanol–water partition coefficient (Wildman–Crippen LogP) is 1.53. The third-order valence-corrected chi connectivity index (χ3v) is 4.76. The molecule has 0 saturated heterocycles. The summed E-state index contributed by atoms with van der Waals surface area (Å²) in [6.07, 6.45) is 0.926. The van der Waals surface area contributed by atoms with Crippen molar-refractivity contribution in [1.29, 1.82) is 5.41 Å². The highest BCUT2D eigenvalue weighted by atomic mass is 16.2. The van der Waals surface area contributed by atoms with Gasteiger partial charge in [0.25, 0.3) is 0 Å². The Morgan fingerprint density at radius 2 is 1.44 bits per heavy atom. The number of Topliss-reactive ketones (excluding diaryl/α,β-unsaturated/α-hetero) is 1. The van der Waals surface area contributed by atoms with Gasteiger partial charge in [0, 0.05) is 26.3 Å². The molecule has 0 heterocycles. The van der Waals surface area contributed by atoms with Gasteiger partial charge in [-0.05, 0) is 17.5 Å². The van der Waals surface area contributed by atoms with Crippen LogP contribution < -0.4 is 16.0 Å². The number of carbonyl (C=O) groups excluding carboxylic acids is 4. The molecule has 8 nitrogen and oxygen atoms in total. The van der Waals surface area contributed by atoms with Crippen LogP contribution in [0.15, 0.2) is 60.7 Å². The SMILES string of the molecule is CC(=O)N[C@@H](Cc1ccccc1)C(=O)N[C@@H](CCC(=O)C=N)C(=O)NCc1ccccc1. The quantitative estimate of drug-likeness (QED) is 0.376. The molecule has 0 aliphatic carbocycles. The van der Waals surface area contributed by atoms with E-state index in [0.29, 0.717) is 6.21 Å². The highest BCUT2D eigenvalue weighted by molar-refractivity contribution is 6.26. The Hall–Kier alpha value is -3.81. The Kier molecular flexibility index (Phi) is 9.77. The van der Waals surface area contributed by atoms with Crippen LogP contribution in [-0.2, 0) is 32.1 Å². The number of rotatable bonds is 12. The largest absolute Gasteiger partial charge is 0.350 e. The third kappa shape index (κ3) is 8.51. The van der Waals surface area contributed by atoms with Gasteiger partial charge in [0.1, 0.15) is 12.1 Å². The summed E-state index contributed by atoms with van der Waals surface area (Å²) in [5.74, 6) is -1.78. The first-order valence-corrected chi connectivity index (χ1v) is 10.4. The first kappa shape index (κ1) is 24.5. The minimum atomic E-state index is -0.984. The molecule has 0 aromatic heterocycles. The highest BCUT2D eigenvalue weighted by Crippen LogP contribution is 2.06. The molecule has 8 heteroatoms. The summed E-state index contributed by atoms with van der Waals surface area (Å²) in [5.41, 5.74) is 1.74. The van der Waals surface area contributed by atoms with Gasteiger partial charge in [-0.2, -0.15) is 0 Å². The van der Waals surface area contributed by atoms with Crippen molar-refractivity contribution in [2.75, 3.05) is 0 Å². The standard InChI is InChI=1S/C24H28N4O4/c1-17(29)27-22(14-18-8-4-2-5-9-18)24(32)28-21(13-12-20(30)15-25)23(31)26-16-19-10-6-3-7-11-19/h2-11,15,21-22,25H,12-14,16H2,1H3,(H,26,31)(H,27,29)(H,28,32)/t21-,22-/m0/s1. The maximum absolute atomic E-state index is 13.0. The summed E-state index contributed by atoms with van der Waals surface area (Å²) < 4.78 is 0. The van der Waals surface area contributed by atoms with Crippen molar-refractivity contribution in [3.05, 3.63) is 71.8 Å². The van der Waals surface area contributed by atoms with Crippen molar-refractivity contribution in [1.82, 2.24) is 16.0 Å². The van der Waals surface area contributed by atoms with Gasteiger partial charge in [-0.15, -0.1) is 0 Å². The zero-order valence-electron chi connectivity index (χ0n) is 18.0. The zero-order valence-corrected chi connectivity index (χ0v) is 18.0. The average molecular weight is 437 g/mol. The summed E-state index contributed by atoms with van der Waals surface area (Å²) in [4.78, 5) is 48.9. The van der Waals surface area contributed by atoms with Crippen LogP contribution in [0.3, 0.4) is 0 Å². The van der Waals surface area contributed by atoms with E-state index in [0.717, 1.165) is 11.1 Å². The van der Waals surface area contributed by atoms with Gasteiger partial charge >= 0.3 is 0 Å². The molecule has 2 aromatic carbocycles. The van der Waals surface area contributed by atoms with E-state index >= 15 is 0 Å². The first-order valence-electron chi connectivity index (χ1n) is 10.4. The van der Waals surface area contributed by atoms with Gasteiger partial charge in [-0.1, -0.05) is 60.7 Å². The third-order valence-electron chi connectivity index (χ3n) is 4.76. The van der Waals surface area contributed by atoms with E-state index in [-0.39, 0.29) is 31.7 Å². The molecule has 2 rings (SSSR count). The lowest BCUT2D eigenvalue weighted by Crippen LogP contribution is -2.54. The number of benzene rings is 2. The van der Waals surface area contributed by atoms with Gasteiger partial charge in [0.2, 0.25) is 17.7 Å². The van der Waals surface area contributed by atoms with Crippen LogP contribution in [0.25, 0.3) is 0 Å². The number of hydrogen-bond acceptors (Lipinski definition) is 5. The molecule has 0 spiro atoms. The number of carbonyl (C=O) groups is 4. The van der Waals surface area contributed by atoms with Crippen LogP contribution in [0.1, 0.15) is 30.9 Å². The van der Waals surface area contributed by atoms with Gasteiger partial charge in [-0.3, -0.25) is 19.2 Å². The van der Waals surface area contributed by atoms with E-state index in [2.05, 4.69) is 16.0 Å². The first-order chi connectivity index (χ1) is 15.4. The smallest absolute Gasteiger partial charge is 0.243 e. The Morgan fingerprint density at radius 1 is 0.844 bits per heavy atom. The molecule has 3 amide bonds. The summed E-state index contributed by atoms with van der Waals surface area (Å²) in [7, 11) is 0. The van der Waals surface area contributed by atoms with Crippen molar-refractivity contribution in [3.63, 3.8) is 0 Å². The zero-order chi connectivity index (χ0) is 23.3. The second kappa shape index (κ2) is 12.8. The molecular weight excluding hydrogens is 408 g/mol. The lowest BCUT2D eigenvalue weighted by molar-refractivity contribution is -0.132. The van der Waals surface area contributed by atoms with Crippen LogP contribution in [-0.4, -0.2) is 41.8 Å². The van der Waals surface area contributed by atoms with E-state index in [1.54, 1.807) is 0 Å². The van der Waals surface area contributed by atoms with Gasteiger partial charge in [-0.25, -0.2) is 0 Å². The molecule has 32 heavy (non-hydrogen) atoms. The fourth-order valence-corrected chi connectivity index (χ4v) is 3.11. The van der Waals surface area contributed by atoms with Crippen molar-refractivity contribution < 1.29 is 19.2 Å². The summed E-state index contributed by atoms with van der Waals surface area (Å²) in [5, 5.41) is 15.1. The normalized spacial score (nSPS) is 12.2. The summed E-state index contributed by atoms with van der Waals surface area (Å²) in [6.45, 7) is 1.59. The van der Waals surface area contributed by atoms with Crippen molar-refractivity contribution in [3.8, 4) is 0 Å². The number of hydrogen-bond donors (Lipinski definition) is 4. The van der Waals surface area contributed by atoms with E-state index in [9.17, 15) is 19.2 Å². The van der Waals surface area contributed by atoms with Crippen LogP contribution >= 0.6 is 0 Å². The predicted molar refractivity (Wildman–Crippen MR) is 121 cm³/mol. The lowest BCUT2D eigenvalue weighted by atomic mass is 10.0. The maximum Gasteiger partial charge on any atom is 0.243 e. The Morgan fingerprint density at radius 3 is 2.00 bits per heavy atom. The molecule has 0 aliphatic rings. The topological polar surface area (TPSA) is 128 Å². The van der Waals surface area contributed by atoms with Crippen molar-refractivity contribution in [2.45, 2.75) is 44.8 Å². The van der Waals surface area contributed by atoms with Gasteiger partial charge in [0.15, 0.2) is 5.78 Å². The molecule has 2 aromatic rings. The minimum Gasteiger partial charge on any atom is -0.350 e. The lowest BCUT2D eigenvalue weighted by Gasteiger charge is -2.23. The van der Waals surface area contributed by atoms with Crippen LogP contribution in [0.4, 0.5) is 0 Å². The molecule has 0 fully saturated rings. The van der Waals surface area contributed by atoms with Crippen LogP contribution in [0.2, 0.25) is 0 Å². The van der Waals surface area contributed by atoms with Gasteiger partial charge < -0.3 is 21.4 Å². The fraction of sp³-hybridized carbons (Fsp3) is 0.292. The van der Waals surface area contributed by atoms with E-state index < -0.39 is 29.7 Å². The second-order valence-electron chi connectivity index (χ2n) is 7.36. The van der Waals surface area contributed by atoms with E-state index in [1.807, 2.05) is 60.7 Å².